The van der Waals surface area contributed by atoms with E-state index in [0.717, 1.165) is 0 Å². The summed E-state index contributed by atoms with van der Waals surface area (Å²) in [6, 6.07) is 0. The standard InChI is InChI=1S/C24H36O8/c1-9-13(4)21(27)31-16-10-22(7)19(32-22)20(30-15(6)26)23(8)17(29-14(5)25)11-24(28,12(2)3)18(16)23/h9,12,16-20,28H,10-11H2,1-8H3/b13-9+/t16-,17-,18-,19-,20+,22+,23-,24-/m1/s1. The number of aliphatic hydroxyl groups is 1. The van der Waals surface area contributed by atoms with Gasteiger partial charge in [-0.2, -0.15) is 0 Å². The molecule has 32 heavy (non-hydrogen) atoms. The number of fused-ring (bicyclic) bond motifs is 2. The van der Waals surface area contributed by atoms with E-state index in [2.05, 4.69) is 0 Å². The number of allylic oxidation sites excluding steroid dienone is 1. The van der Waals surface area contributed by atoms with E-state index in [1.54, 1.807) is 19.9 Å². The molecule has 1 saturated heterocycles. The van der Waals surface area contributed by atoms with Gasteiger partial charge in [0.05, 0.1) is 16.6 Å². The Morgan fingerprint density at radius 1 is 1.03 bits per heavy atom. The molecular formula is C24H36O8. The van der Waals surface area contributed by atoms with Crippen molar-refractivity contribution in [3.8, 4) is 0 Å². The molecule has 1 N–H and O–H groups in total. The zero-order chi connectivity index (χ0) is 24.2. The first-order valence-corrected chi connectivity index (χ1v) is 11.3. The Morgan fingerprint density at radius 2 is 1.62 bits per heavy atom. The molecule has 0 bridgehead atoms. The Kier molecular flexibility index (Phi) is 6.28. The number of carbonyl (C=O) groups is 3. The van der Waals surface area contributed by atoms with Crippen molar-refractivity contribution >= 4 is 17.9 Å². The molecule has 8 nitrogen and oxygen atoms in total. The number of rotatable bonds is 5. The van der Waals surface area contributed by atoms with Crippen molar-refractivity contribution in [3.63, 3.8) is 0 Å². The van der Waals surface area contributed by atoms with E-state index < -0.39 is 64.9 Å². The predicted molar refractivity (Wildman–Crippen MR) is 114 cm³/mol. The van der Waals surface area contributed by atoms with Gasteiger partial charge in [-0.3, -0.25) is 9.59 Å². The number of carbonyl (C=O) groups excluding carboxylic acids is 3. The van der Waals surface area contributed by atoms with Gasteiger partial charge >= 0.3 is 17.9 Å². The molecule has 3 aliphatic rings. The monoisotopic (exact) mass is 452 g/mol. The molecule has 8 heteroatoms. The highest BCUT2D eigenvalue weighted by atomic mass is 16.7. The van der Waals surface area contributed by atoms with E-state index in [0.29, 0.717) is 12.0 Å². The van der Waals surface area contributed by atoms with Gasteiger partial charge in [0.2, 0.25) is 0 Å². The summed E-state index contributed by atoms with van der Waals surface area (Å²) in [5, 5.41) is 12.0. The SMILES string of the molecule is C/C=C(\C)C(=O)O[C@@H]1C[C@]2(C)O[C@@H]2[C@H](OC(C)=O)[C@@]2(C)[C@@H]1[C@](O)(C(C)C)C[C@H]2OC(C)=O. The van der Waals surface area contributed by atoms with Crippen molar-refractivity contribution in [1.29, 1.82) is 0 Å². The molecular weight excluding hydrogens is 416 g/mol. The van der Waals surface area contributed by atoms with E-state index in [4.69, 9.17) is 18.9 Å². The maximum absolute atomic E-state index is 12.8. The summed E-state index contributed by atoms with van der Waals surface area (Å²) in [6.07, 6.45) is -0.577. The van der Waals surface area contributed by atoms with Crippen LogP contribution in [-0.2, 0) is 33.3 Å². The van der Waals surface area contributed by atoms with Crippen LogP contribution in [0.15, 0.2) is 11.6 Å². The predicted octanol–water partition coefficient (Wildman–Crippen LogP) is 2.70. The van der Waals surface area contributed by atoms with Crippen LogP contribution in [0.5, 0.6) is 0 Å². The number of ether oxygens (including phenoxy) is 4. The smallest absolute Gasteiger partial charge is 0.333 e. The van der Waals surface area contributed by atoms with Crippen molar-refractivity contribution < 1.29 is 38.4 Å². The van der Waals surface area contributed by atoms with Gasteiger partial charge < -0.3 is 24.1 Å². The summed E-state index contributed by atoms with van der Waals surface area (Å²) in [7, 11) is 0. The quantitative estimate of drug-likeness (QED) is 0.293. The van der Waals surface area contributed by atoms with Gasteiger partial charge in [-0.15, -0.1) is 0 Å². The van der Waals surface area contributed by atoms with Gasteiger partial charge in [-0.25, -0.2) is 4.79 Å². The fourth-order valence-corrected chi connectivity index (χ4v) is 5.90. The molecule has 0 aromatic heterocycles. The molecule has 2 saturated carbocycles. The average Bonchev–Trinajstić information content (AvgIpc) is 3.27. The summed E-state index contributed by atoms with van der Waals surface area (Å²) < 4.78 is 23.5. The normalized spacial score (nSPS) is 43.1. The zero-order valence-electron chi connectivity index (χ0n) is 20.3. The minimum absolute atomic E-state index is 0.142. The molecule has 0 amide bonds. The highest BCUT2D eigenvalue weighted by Gasteiger charge is 2.77. The summed E-state index contributed by atoms with van der Waals surface area (Å²) in [4.78, 5) is 36.9. The van der Waals surface area contributed by atoms with Crippen molar-refractivity contribution in [2.75, 3.05) is 0 Å². The number of hydrogen-bond donors (Lipinski definition) is 1. The van der Waals surface area contributed by atoms with E-state index in [9.17, 15) is 19.5 Å². The van der Waals surface area contributed by atoms with E-state index in [1.165, 1.54) is 13.8 Å². The van der Waals surface area contributed by atoms with Crippen LogP contribution in [0.2, 0.25) is 0 Å². The lowest BCUT2D eigenvalue weighted by Crippen LogP contribution is -2.56. The van der Waals surface area contributed by atoms with Crippen LogP contribution in [-0.4, -0.2) is 58.6 Å². The summed E-state index contributed by atoms with van der Waals surface area (Å²) in [5.74, 6) is -2.35. The highest BCUT2D eigenvalue weighted by molar-refractivity contribution is 5.87. The van der Waals surface area contributed by atoms with Gasteiger partial charge in [0, 0.05) is 38.2 Å². The number of esters is 3. The van der Waals surface area contributed by atoms with Crippen LogP contribution in [0.1, 0.15) is 68.2 Å². The molecule has 8 atom stereocenters. The molecule has 0 radical (unpaired) electrons. The van der Waals surface area contributed by atoms with E-state index >= 15 is 0 Å². The molecule has 3 fully saturated rings. The first-order chi connectivity index (χ1) is 14.7. The van der Waals surface area contributed by atoms with Crippen molar-refractivity contribution in [2.45, 2.75) is 104 Å². The lowest BCUT2D eigenvalue weighted by Gasteiger charge is -2.46. The summed E-state index contributed by atoms with van der Waals surface area (Å²) >= 11 is 0. The molecule has 0 aromatic rings. The van der Waals surface area contributed by atoms with Gasteiger partial charge in [0.25, 0.3) is 0 Å². The third-order valence-electron chi connectivity index (χ3n) is 7.84. The van der Waals surface area contributed by atoms with Gasteiger partial charge in [-0.05, 0) is 26.7 Å². The number of epoxide rings is 1. The fraction of sp³-hybridized carbons (Fsp3) is 0.792. The molecule has 1 aliphatic heterocycles. The van der Waals surface area contributed by atoms with Crippen LogP contribution in [0.25, 0.3) is 0 Å². The van der Waals surface area contributed by atoms with Gasteiger partial charge in [-0.1, -0.05) is 26.8 Å². The molecule has 180 valence electrons. The van der Waals surface area contributed by atoms with Crippen LogP contribution >= 0.6 is 0 Å². The Bertz CT molecular complexity index is 834. The maximum Gasteiger partial charge on any atom is 0.333 e. The van der Waals surface area contributed by atoms with Crippen molar-refractivity contribution in [3.05, 3.63) is 11.6 Å². The molecule has 1 heterocycles. The second-order valence-corrected chi connectivity index (χ2v) is 10.3. The Balaban J connectivity index is 2.19. The largest absolute Gasteiger partial charge is 0.462 e. The second-order valence-electron chi connectivity index (χ2n) is 10.3. The highest BCUT2D eigenvalue weighted by Crippen LogP contribution is 2.65. The topological polar surface area (TPSA) is 112 Å². The second kappa shape index (κ2) is 8.13. The minimum Gasteiger partial charge on any atom is -0.462 e. The summed E-state index contributed by atoms with van der Waals surface area (Å²) in [5.41, 5.74) is -2.60. The van der Waals surface area contributed by atoms with E-state index in [-0.39, 0.29) is 12.3 Å². The first-order valence-electron chi connectivity index (χ1n) is 11.3. The number of hydrogen-bond acceptors (Lipinski definition) is 8. The van der Waals surface area contributed by atoms with Crippen molar-refractivity contribution in [1.82, 2.24) is 0 Å². The average molecular weight is 453 g/mol. The minimum atomic E-state index is -1.32. The molecule has 2 aliphatic carbocycles. The van der Waals surface area contributed by atoms with Gasteiger partial charge in [0.1, 0.15) is 24.4 Å². The fourth-order valence-electron chi connectivity index (χ4n) is 5.90. The molecule has 3 rings (SSSR count). The molecule has 0 spiro atoms. The van der Waals surface area contributed by atoms with E-state index in [1.807, 2.05) is 27.7 Å². The van der Waals surface area contributed by atoms with Gasteiger partial charge in [0.15, 0.2) is 0 Å². The van der Waals surface area contributed by atoms with Crippen molar-refractivity contribution in [2.24, 2.45) is 17.3 Å². The maximum atomic E-state index is 12.8. The summed E-state index contributed by atoms with van der Waals surface area (Å²) in [6.45, 7) is 13.6. The zero-order valence-corrected chi connectivity index (χ0v) is 20.3. The first kappa shape index (κ1) is 24.7. The van der Waals surface area contributed by atoms with Crippen LogP contribution < -0.4 is 0 Å². The Labute approximate surface area is 189 Å². The van der Waals surface area contributed by atoms with Crippen LogP contribution in [0.4, 0.5) is 0 Å². The lowest BCUT2D eigenvalue weighted by molar-refractivity contribution is -0.191. The van der Waals surface area contributed by atoms with Crippen LogP contribution in [0.3, 0.4) is 0 Å². The third kappa shape index (κ3) is 3.85. The lowest BCUT2D eigenvalue weighted by atomic mass is 9.66. The third-order valence-corrected chi connectivity index (χ3v) is 7.84. The Morgan fingerprint density at radius 3 is 2.12 bits per heavy atom. The van der Waals surface area contributed by atoms with Crippen LogP contribution in [0, 0.1) is 17.3 Å². The molecule has 0 aromatic carbocycles. The molecule has 0 unspecified atom stereocenters. The Hall–Kier alpha value is -1.93.